The van der Waals surface area contributed by atoms with E-state index in [2.05, 4.69) is 13.8 Å². The summed E-state index contributed by atoms with van der Waals surface area (Å²) in [5, 5.41) is 10.1. The first-order valence-corrected chi connectivity index (χ1v) is 5.80. The van der Waals surface area contributed by atoms with Crippen LogP contribution in [0.5, 0.6) is 0 Å². The summed E-state index contributed by atoms with van der Waals surface area (Å²) in [7, 11) is 0. The molecule has 0 aliphatic heterocycles. The molecule has 78 valence electrons. The Morgan fingerprint density at radius 3 is 2.69 bits per heavy atom. The maximum Gasteiger partial charge on any atom is 0.0650 e. The summed E-state index contributed by atoms with van der Waals surface area (Å²) in [5.74, 6) is 1.26. The third-order valence-electron chi connectivity index (χ3n) is 3.70. The van der Waals surface area contributed by atoms with Gasteiger partial charge in [-0.15, -0.1) is 0 Å². The zero-order chi connectivity index (χ0) is 9.90. The predicted octanol–water partition coefficient (Wildman–Crippen LogP) is 3.36. The molecule has 1 saturated carbocycles. The molecule has 1 nitrogen and oxygen atoms in total. The smallest absolute Gasteiger partial charge is 0.0650 e. The normalized spacial score (nSPS) is 36.5. The second-order valence-electron chi connectivity index (χ2n) is 4.98. The molecule has 0 aromatic carbocycles. The molecular formula is C12H24O. The van der Waals surface area contributed by atoms with Gasteiger partial charge in [-0.3, -0.25) is 0 Å². The summed E-state index contributed by atoms with van der Waals surface area (Å²) in [6.07, 6.45) is 7.34. The van der Waals surface area contributed by atoms with E-state index in [4.69, 9.17) is 0 Å². The highest BCUT2D eigenvalue weighted by atomic mass is 16.3. The van der Waals surface area contributed by atoms with Crippen molar-refractivity contribution in [3.63, 3.8) is 0 Å². The lowest BCUT2D eigenvalue weighted by atomic mass is 9.80. The van der Waals surface area contributed by atoms with Crippen molar-refractivity contribution in [2.75, 3.05) is 0 Å². The second kappa shape index (κ2) is 4.45. The SMILES string of the molecule is CCCCC(C)C1CCCC1(C)O. The van der Waals surface area contributed by atoms with Gasteiger partial charge in [0.05, 0.1) is 5.60 Å². The van der Waals surface area contributed by atoms with Crippen LogP contribution >= 0.6 is 0 Å². The van der Waals surface area contributed by atoms with Gasteiger partial charge < -0.3 is 5.11 Å². The molecule has 1 fully saturated rings. The molecule has 1 rings (SSSR count). The molecule has 0 aromatic heterocycles. The Kier molecular flexibility index (Phi) is 3.78. The van der Waals surface area contributed by atoms with Crippen LogP contribution in [0.3, 0.4) is 0 Å². The highest BCUT2D eigenvalue weighted by Gasteiger charge is 2.39. The van der Waals surface area contributed by atoms with Crippen molar-refractivity contribution in [2.45, 2.75) is 64.9 Å². The third-order valence-corrected chi connectivity index (χ3v) is 3.70. The van der Waals surface area contributed by atoms with Crippen molar-refractivity contribution in [1.82, 2.24) is 0 Å². The van der Waals surface area contributed by atoms with Crippen LogP contribution in [0, 0.1) is 11.8 Å². The topological polar surface area (TPSA) is 20.2 Å². The van der Waals surface area contributed by atoms with E-state index in [0.717, 1.165) is 6.42 Å². The van der Waals surface area contributed by atoms with Crippen molar-refractivity contribution < 1.29 is 5.11 Å². The Bertz CT molecular complexity index is 151. The van der Waals surface area contributed by atoms with E-state index in [-0.39, 0.29) is 5.60 Å². The Labute approximate surface area is 82.5 Å². The minimum Gasteiger partial charge on any atom is -0.390 e. The summed E-state index contributed by atoms with van der Waals surface area (Å²) >= 11 is 0. The highest BCUT2D eigenvalue weighted by Crippen LogP contribution is 2.41. The van der Waals surface area contributed by atoms with Gasteiger partial charge in [-0.05, 0) is 31.6 Å². The van der Waals surface area contributed by atoms with Gasteiger partial charge >= 0.3 is 0 Å². The molecule has 1 aliphatic carbocycles. The van der Waals surface area contributed by atoms with Gasteiger partial charge in [0, 0.05) is 0 Å². The van der Waals surface area contributed by atoms with Crippen molar-refractivity contribution in [2.24, 2.45) is 11.8 Å². The molecule has 3 unspecified atom stereocenters. The standard InChI is InChI=1S/C12H24O/c1-4-5-7-10(2)11-8-6-9-12(11,3)13/h10-11,13H,4-9H2,1-3H3. The van der Waals surface area contributed by atoms with Crippen molar-refractivity contribution in [1.29, 1.82) is 0 Å². The molecule has 0 aromatic rings. The molecule has 0 bridgehead atoms. The molecule has 0 saturated heterocycles. The fourth-order valence-electron chi connectivity index (χ4n) is 2.80. The number of hydrogen-bond donors (Lipinski definition) is 1. The summed E-state index contributed by atoms with van der Waals surface area (Å²) in [6.45, 7) is 6.56. The first-order valence-electron chi connectivity index (χ1n) is 5.80. The lowest BCUT2D eigenvalue weighted by molar-refractivity contribution is -0.00220. The van der Waals surface area contributed by atoms with Gasteiger partial charge in [0.2, 0.25) is 0 Å². The molecule has 0 radical (unpaired) electrons. The van der Waals surface area contributed by atoms with Crippen molar-refractivity contribution in [3.8, 4) is 0 Å². The van der Waals surface area contributed by atoms with Crippen LogP contribution in [0.1, 0.15) is 59.3 Å². The van der Waals surface area contributed by atoms with Crippen LogP contribution < -0.4 is 0 Å². The molecular weight excluding hydrogens is 160 g/mol. The summed E-state index contributed by atoms with van der Waals surface area (Å²) < 4.78 is 0. The van der Waals surface area contributed by atoms with Gasteiger partial charge in [0.15, 0.2) is 0 Å². The quantitative estimate of drug-likeness (QED) is 0.710. The maximum atomic E-state index is 10.1. The van der Waals surface area contributed by atoms with Crippen molar-refractivity contribution in [3.05, 3.63) is 0 Å². The Morgan fingerprint density at radius 1 is 1.54 bits per heavy atom. The Hall–Kier alpha value is -0.0400. The van der Waals surface area contributed by atoms with Gasteiger partial charge in [0.25, 0.3) is 0 Å². The predicted molar refractivity (Wildman–Crippen MR) is 56.7 cm³/mol. The second-order valence-corrected chi connectivity index (χ2v) is 4.98. The lowest BCUT2D eigenvalue weighted by Crippen LogP contribution is -2.33. The fraction of sp³-hybridized carbons (Fsp3) is 1.00. The Morgan fingerprint density at radius 2 is 2.23 bits per heavy atom. The van der Waals surface area contributed by atoms with E-state index in [1.165, 1.54) is 32.1 Å². The first-order chi connectivity index (χ1) is 6.08. The first kappa shape index (κ1) is 11.0. The van der Waals surface area contributed by atoms with Crippen LogP contribution in [-0.2, 0) is 0 Å². The molecule has 13 heavy (non-hydrogen) atoms. The van der Waals surface area contributed by atoms with E-state index in [1.54, 1.807) is 0 Å². The molecule has 0 spiro atoms. The number of rotatable bonds is 4. The third kappa shape index (κ3) is 2.70. The van der Waals surface area contributed by atoms with Gasteiger partial charge in [-0.1, -0.05) is 39.5 Å². The largest absolute Gasteiger partial charge is 0.390 e. The maximum absolute atomic E-state index is 10.1. The number of unbranched alkanes of at least 4 members (excludes halogenated alkanes) is 1. The Balaban J connectivity index is 2.41. The highest BCUT2D eigenvalue weighted by molar-refractivity contribution is 4.90. The van der Waals surface area contributed by atoms with Crippen LogP contribution in [-0.4, -0.2) is 10.7 Å². The van der Waals surface area contributed by atoms with E-state index >= 15 is 0 Å². The van der Waals surface area contributed by atoms with Crippen LogP contribution in [0.15, 0.2) is 0 Å². The van der Waals surface area contributed by atoms with Crippen LogP contribution in [0.25, 0.3) is 0 Å². The van der Waals surface area contributed by atoms with E-state index in [9.17, 15) is 5.11 Å². The minimum absolute atomic E-state index is 0.368. The molecule has 0 heterocycles. The number of aliphatic hydroxyl groups is 1. The average Bonchev–Trinajstić information content (AvgIpc) is 2.41. The molecule has 3 atom stereocenters. The zero-order valence-electron chi connectivity index (χ0n) is 9.34. The fourth-order valence-corrected chi connectivity index (χ4v) is 2.80. The average molecular weight is 184 g/mol. The van der Waals surface area contributed by atoms with Crippen LogP contribution in [0.2, 0.25) is 0 Å². The van der Waals surface area contributed by atoms with Crippen LogP contribution in [0.4, 0.5) is 0 Å². The molecule has 1 N–H and O–H groups in total. The summed E-state index contributed by atoms with van der Waals surface area (Å²) in [4.78, 5) is 0. The number of hydrogen-bond acceptors (Lipinski definition) is 1. The van der Waals surface area contributed by atoms with E-state index < -0.39 is 0 Å². The van der Waals surface area contributed by atoms with Gasteiger partial charge in [-0.25, -0.2) is 0 Å². The van der Waals surface area contributed by atoms with Gasteiger partial charge in [0.1, 0.15) is 0 Å². The van der Waals surface area contributed by atoms with E-state index in [0.29, 0.717) is 11.8 Å². The van der Waals surface area contributed by atoms with Gasteiger partial charge in [-0.2, -0.15) is 0 Å². The summed E-state index contributed by atoms with van der Waals surface area (Å²) in [6, 6.07) is 0. The molecule has 1 heteroatoms. The molecule has 1 aliphatic rings. The lowest BCUT2D eigenvalue weighted by Gasteiger charge is -2.30. The minimum atomic E-state index is -0.368. The summed E-state index contributed by atoms with van der Waals surface area (Å²) in [5.41, 5.74) is -0.368. The van der Waals surface area contributed by atoms with Crippen molar-refractivity contribution >= 4 is 0 Å². The monoisotopic (exact) mass is 184 g/mol. The van der Waals surface area contributed by atoms with E-state index in [1.807, 2.05) is 6.92 Å². The molecule has 0 amide bonds. The zero-order valence-corrected chi connectivity index (χ0v) is 9.34.